The van der Waals surface area contributed by atoms with E-state index in [4.69, 9.17) is 0 Å². The second-order valence-electron chi connectivity index (χ2n) is 5.91. The Hall–Kier alpha value is -0.910. The number of nitrogens with one attached hydrogen (secondary N) is 1. The van der Waals surface area contributed by atoms with E-state index in [1.54, 1.807) is 12.1 Å². The van der Waals surface area contributed by atoms with Gasteiger partial charge in [-0.2, -0.15) is 0 Å². The highest BCUT2D eigenvalue weighted by molar-refractivity contribution is 7.89. The van der Waals surface area contributed by atoms with E-state index in [1.165, 1.54) is 0 Å². The van der Waals surface area contributed by atoms with Crippen LogP contribution in [0.1, 0.15) is 44.6 Å². The maximum atomic E-state index is 12.2. The van der Waals surface area contributed by atoms with Gasteiger partial charge in [0.1, 0.15) is 0 Å². The predicted molar refractivity (Wildman–Crippen MR) is 79.1 cm³/mol. The van der Waals surface area contributed by atoms with Crippen LogP contribution in [0.3, 0.4) is 0 Å². The molecule has 0 bridgehead atoms. The minimum atomic E-state index is -3.44. The highest BCUT2D eigenvalue weighted by Gasteiger charge is 2.24. The van der Waals surface area contributed by atoms with Crippen LogP contribution in [-0.2, 0) is 10.0 Å². The molecule has 2 N–H and O–H groups in total. The summed E-state index contributed by atoms with van der Waals surface area (Å²) in [4.78, 5) is 0.306. The maximum Gasteiger partial charge on any atom is 0.240 e. The van der Waals surface area contributed by atoms with Crippen molar-refractivity contribution in [2.24, 2.45) is 5.92 Å². The molecule has 0 amide bonds. The Bertz CT molecular complexity index is 537. The number of aliphatic hydroxyl groups is 1. The van der Waals surface area contributed by atoms with Crippen molar-refractivity contribution in [3.8, 4) is 0 Å². The first-order chi connectivity index (χ1) is 9.38. The zero-order valence-corrected chi connectivity index (χ0v) is 12.9. The van der Waals surface area contributed by atoms with Crippen molar-refractivity contribution in [1.82, 2.24) is 4.72 Å². The van der Waals surface area contributed by atoms with Crippen molar-refractivity contribution in [3.63, 3.8) is 0 Å². The Morgan fingerprint density at radius 2 is 1.90 bits per heavy atom. The van der Waals surface area contributed by atoms with E-state index in [0.717, 1.165) is 18.4 Å². The summed E-state index contributed by atoms with van der Waals surface area (Å²) >= 11 is 0. The van der Waals surface area contributed by atoms with Gasteiger partial charge in [0.25, 0.3) is 0 Å². The van der Waals surface area contributed by atoms with Gasteiger partial charge in [0.15, 0.2) is 0 Å². The van der Waals surface area contributed by atoms with Crippen LogP contribution in [0.25, 0.3) is 0 Å². The summed E-state index contributed by atoms with van der Waals surface area (Å²) in [5, 5.41) is 9.45. The van der Waals surface area contributed by atoms with Crippen molar-refractivity contribution < 1.29 is 13.5 Å². The number of hydrogen-bond donors (Lipinski definition) is 2. The zero-order chi connectivity index (χ0) is 14.8. The first-order valence-corrected chi connectivity index (χ1v) is 8.64. The normalized spacial score (nSPS) is 23.4. The summed E-state index contributed by atoms with van der Waals surface area (Å²) in [5.74, 6) is 0.634. The van der Waals surface area contributed by atoms with E-state index >= 15 is 0 Å². The van der Waals surface area contributed by atoms with E-state index in [9.17, 15) is 13.5 Å². The Kier molecular flexibility index (Phi) is 4.83. The topological polar surface area (TPSA) is 66.4 Å². The minimum absolute atomic E-state index is 0.245. The van der Waals surface area contributed by atoms with Gasteiger partial charge in [-0.15, -0.1) is 0 Å². The molecule has 1 aliphatic carbocycles. The van der Waals surface area contributed by atoms with E-state index in [-0.39, 0.29) is 12.0 Å². The van der Waals surface area contributed by atoms with E-state index in [0.29, 0.717) is 23.8 Å². The number of benzene rings is 1. The molecule has 0 aliphatic heterocycles. The first kappa shape index (κ1) is 15.5. The lowest BCUT2D eigenvalue weighted by Crippen LogP contribution is -2.28. The molecule has 1 fully saturated rings. The molecule has 1 saturated carbocycles. The van der Waals surface area contributed by atoms with Gasteiger partial charge in [-0.1, -0.05) is 26.0 Å². The molecule has 0 aromatic heterocycles. The molecule has 112 valence electrons. The molecule has 1 aromatic rings. The standard InChI is InChI=1S/C15H23NO3S/c1-11(2)13-4-7-15(8-5-13)20(18,19)16-10-12-3-6-14(17)9-12/h4-5,7-8,11-12,14,16-17H,3,6,9-10H2,1-2H3. The van der Waals surface area contributed by atoms with Gasteiger partial charge in [-0.25, -0.2) is 13.1 Å². The molecular weight excluding hydrogens is 274 g/mol. The van der Waals surface area contributed by atoms with Crippen LogP contribution in [0.4, 0.5) is 0 Å². The molecular formula is C15H23NO3S. The van der Waals surface area contributed by atoms with Gasteiger partial charge in [-0.05, 0) is 48.8 Å². The van der Waals surface area contributed by atoms with Crippen LogP contribution in [0.15, 0.2) is 29.2 Å². The molecule has 2 unspecified atom stereocenters. The number of hydrogen-bond acceptors (Lipinski definition) is 3. The van der Waals surface area contributed by atoms with E-state index in [1.807, 2.05) is 12.1 Å². The first-order valence-electron chi connectivity index (χ1n) is 7.16. The van der Waals surface area contributed by atoms with Crippen molar-refractivity contribution in [2.45, 2.75) is 50.0 Å². The fourth-order valence-corrected chi connectivity index (χ4v) is 3.69. The molecule has 1 aliphatic rings. The second-order valence-corrected chi connectivity index (χ2v) is 7.68. The quantitative estimate of drug-likeness (QED) is 0.876. The van der Waals surface area contributed by atoms with E-state index < -0.39 is 10.0 Å². The number of rotatable bonds is 5. The molecule has 0 saturated heterocycles. The Morgan fingerprint density at radius 3 is 2.40 bits per heavy atom. The van der Waals surface area contributed by atoms with Crippen molar-refractivity contribution in [1.29, 1.82) is 0 Å². The third-order valence-corrected chi connectivity index (χ3v) is 5.37. The highest BCUT2D eigenvalue weighted by Crippen LogP contribution is 2.25. The Labute approximate surface area is 121 Å². The van der Waals surface area contributed by atoms with Gasteiger partial charge < -0.3 is 5.11 Å². The summed E-state index contributed by atoms with van der Waals surface area (Å²) in [7, 11) is -3.44. The molecule has 0 radical (unpaired) electrons. The minimum Gasteiger partial charge on any atom is -0.393 e. The van der Waals surface area contributed by atoms with Crippen LogP contribution in [0.2, 0.25) is 0 Å². The Balaban J connectivity index is 1.99. The number of aliphatic hydroxyl groups excluding tert-OH is 1. The lowest BCUT2D eigenvalue weighted by molar-refractivity contribution is 0.178. The summed E-state index contributed by atoms with van der Waals surface area (Å²) in [6.45, 7) is 4.56. The van der Waals surface area contributed by atoms with Crippen LogP contribution in [0, 0.1) is 5.92 Å². The monoisotopic (exact) mass is 297 g/mol. The van der Waals surface area contributed by atoms with Crippen LogP contribution in [-0.4, -0.2) is 26.2 Å². The molecule has 4 nitrogen and oxygen atoms in total. The van der Waals surface area contributed by atoms with Gasteiger partial charge in [-0.3, -0.25) is 0 Å². The zero-order valence-electron chi connectivity index (χ0n) is 12.0. The van der Waals surface area contributed by atoms with Crippen LogP contribution >= 0.6 is 0 Å². The molecule has 0 spiro atoms. The lowest BCUT2D eigenvalue weighted by Gasteiger charge is -2.12. The van der Waals surface area contributed by atoms with Crippen molar-refractivity contribution >= 4 is 10.0 Å². The highest BCUT2D eigenvalue weighted by atomic mass is 32.2. The predicted octanol–water partition coefficient (Wildman–Crippen LogP) is 2.25. The fraction of sp³-hybridized carbons (Fsp3) is 0.600. The molecule has 2 rings (SSSR count). The average Bonchev–Trinajstić information content (AvgIpc) is 2.82. The average molecular weight is 297 g/mol. The van der Waals surface area contributed by atoms with Gasteiger partial charge >= 0.3 is 0 Å². The molecule has 0 heterocycles. The Morgan fingerprint density at radius 1 is 1.25 bits per heavy atom. The third-order valence-electron chi connectivity index (χ3n) is 3.93. The van der Waals surface area contributed by atoms with Crippen LogP contribution < -0.4 is 4.72 Å². The third kappa shape index (κ3) is 3.81. The SMILES string of the molecule is CC(C)c1ccc(S(=O)(=O)NCC2CCC(O)C2)cc1. The van der Waals surface area contributed by atoms with E-state index in [2.05, 4.69) is 18.6 Å². The maximum absolute atomic E-state index is 12.2. The fourth-order valence-electron chi connectivity index (χ4n) is 2.58. The molecule has 5 heteroatoms. The lowest BCUT2D eigenvalue weighted by atomic mass is 10.0. The van der Waals surface area contributed by atoms with Crippen molar-refractivity contribution in [2.75, 3.05) is 6.54 Å². The second kappa shape index (κ2) is 6.24. The molecule has 20 heavy (non-hydrogen) atoms. The van der Waals surface area contributed by atoms with Gasteiger partial charge in [0.05, 0.1) is 11.0 Å². The van der Waals surface area contributed by atoms with Crippen molar-refractivity contribution in [3.05, 3.63) is 29.8 Å². The smallest absolute Gasteiger partial charge is 0.240 e. The summed E-state index contributed by atoms with van der Waals surface area (Å²) in [6, 6.07) is 7.03. The number of sulfonamides is 1. The van der Waals surface area contributed by atoms with Gasteiger partial charge in [0, 0.05) is 6.54 Å². The molecule has 1 aromatic carbocycles. The van der Waals surface area contributed by atoms with Gasteiger partial charge in [0.2, 0.25) is 10.0 Å². The summed E-state index contributed by atoms with van der Waals surface area (Å²) < 4.78 is 27.0. The summed E-state index contributed by atoms with van der Waals surface area (Å²) in [6.07, 6.45) is 2.08. The van der Waals surface area contributed by atoms with Crippen LogP contribution in [0.5, 0.6) is 0 Å². The molecule has 2 atom stereocenters. The largest absolute Gasteiger partial charge is 0.393 e. The summed E-state index contributed by atoms with van der Waals surface area (Å²) in [5.41, 5.74) is 1.13.